The molecule has 0 bridgehead atoms. The molecule has 0 saturated heterocycles. The first-order valence-electron chi connectivity index (χ1n) is 22.3. The van der Waals surface area contributed by atoms with Crippen LogP contribution < -0.4 is 0 Å². The van der Waals surface area contributed by atoms with Crippen LogP contribution in [-0.2, 0) is 6.18 Å². The Hall–Kier alpha value is -8.90. The van der Waals surface area contributed by atoms with Gasteiger partial charge in [-0.1, -0.05) is 121 Å². The number of fused-ring (bicyclic) bond motifs is 6. The third-order valence-electron chi connectivity index (χ3n) is 12.9. The molecule has 12 rings (SSSR count). The Balaban J connectivity index is 1.17. The summed E-state index contributed by atoms with van der Waals surface area (Å²) in [5.41, 5.74) is 2.43. The van der Waals surface area contributed by atoms with Crippen molar-refractivity contribution in [2.45, 2.75) is 6.18 Å². The number of hydrogen-bond donors (Lipinski definition) is 0. The second kappa shape index (κ2) is 16.7. The summed E-state index contributed by atoms with van der Waals surface area (Å²) < 4.78 is 129. The molecule has 0 amide bonds. The van der Waals surface area contributed by atoms with Gasteiger partial charge in [0.05, 0.1) is 67.3 Å². The Bertz CT molecular complexity index is 3850. The Morgan fingerprint density at radius 2 is 0.676 bits per heavy atom. The standard InChI is InChI=1S/C59H32F8N4/c60-54-53(55(61)57(63)58(64)56(54)62)52-50(70-46-23-9-7-17-38(46)40-29-35(25-27-48(40)70)44-21-11-19-42(68-44)33-13-3-1-4-14-33)31-37(59(65,66)67)32-51(52)71-47-24-10-8-18-39(47)41-30-36(26-28-49(41)71)45-22-12-20-43(69-45)34-15-5-2-6-16-34/h1-32H. The first-order chi connectivity index (χ1) is 34.4. The molecule has 0 aliphatic carbocycles. The van der Waals surface area contributed by atoms with Crippen LogP contribution in [0.15, 0.2) is 194 Å². The highest BCUT2D eigenvalue weighted by molar-refractivity contribution is 6.13. The molecule has 0 fully saturated rings. The van der Waals surface area contributed by atoms with E-state index >= 15 is 30.7 Å². The van der Waals surface area contributed by atoms with E-state index in [9.17, 15) is 4.39 Å². The molecule has 0 aliphatic rings. The summed E-state index contributed by atoms with van der Waals surface area (Å²) in [6.07, 6.45) is -5.08. The van der Waals surface area contributed by atoms with Crippen molar-refractivity contribution in [1.82, 2.24) is 19.1 Å². The highest BCUT2D eigenvalue weighted by Gasteiger charge is 2.37. The smallest absolute Gasteiger partial charge is 0.309 e. The van der Waals surface area contributed by atoms with Crippen molar-refractivity contribution in [3.8, 4) is 67.5 Å². The van der Waals surface area contributed by atoms with Crippen LogP contribution in [0.4, 0.5) is 35.1 Å². The van der Waals surface area contributed by atoms with Crippen molar-refractivity contribution in [2.75, 3.05) is 0 Å². The predicted molar refractivity (Wildman–Crippen MR) is 263 cm³/mol. The van der Waals surface area contributed by atoms with Crippen LogP contribution in [-0.4, -0.2) is 19.1 Å². The van der Waals surface area contributed by atoms with E-state index in [-0.39, 0.29) is 22.1 Å². The van der Waals surface area contributed by atoms with Crippen LogP contribution in [0.2, 0.25) is 0 Å². The number of rotatable bonds is 7. The maximum atomic E-state index is 16.7. The lowest BCUT2D eigenvalue weighted by Crippen LogP contribution is -2.13. The first-order valence-corrected chi connectivity index (χ1v) is 22.3. The minimum atomic E-state index is -5.08. The largest absolute Gasteiger partial charge is 0.416 e. The minimum absolute atomic E-state index is 0.279. The summed E-state index contributed by atoms with van der Waals surface area (Å²) in [5, 5.41) is 2.09. The Kier molecular flexibility index (Phi) is 10.2. The number of hydrogen-bond acceptors (Lipinski definition) is 2. The fourth-order valence-electron chi connectivity index (χ4n) is 9.72. The quantitative estimate of drug-likeness (QED) is 0.0907. The van der Waals surface area contributed by atoms with Gasteiger partial charge in [-0.25, -0.2) is 31.9 Å². The SMILES string of the molecule is Fc1c(F)c(F)c(-c2c(-n3c4ccccc4c4cc(-c5cccc(-c6ccccc6)n5)ccc43)cc(C(F)(F)F)cc2-n2c3ccccc3c3cc(-c4cccc(-c5ccccc5)n4)ccc32)c(F)c1F. The highest BCUT2D eigenvalue weighted by Crippen LogP contribution is 2.48. The van der Waals surface area contributed by atoms with E-state index in [1.807, 2.05) is 109 Å². The number of aromatic nitrogens is 4. The van der Waals surface area contributed by atoms with E-state index in [1.165, 1.54) is 9.13 Å². The van der Waals surface area contributed by atoms with E-state index < -0.39 is 63.3 Å². The topological polar surface area (TPSA) is 35.6 Å². The molecular weight excluding hydrogens is 917 g/mol. The van der Waals surface area contributed by atoms with Crippen molar-refractivity contribution in [1.29, 1.82) is 0 Å². The van der Waals surface area contributed by atoms with Crippen molar-refractivity contribution in [3.63, 3.8) is 0 Å². The average Bonchev–Trinajstić information content (AvgIpc) is 3.92. The third-order valence-corrected chi connectivity index (χ3v) is 12.9. The number of pyridine rings is 2. The van der Waals surface area contributed by atoms with E-state index in [0.29, 0.717) is 67.6 Å². The maximum Gasteiger partial charge on any atom is 0.416 e. The average molecular weight is 949 g/mol. The molecule has 0 saturated carbocycles. The molecule has 71 heavy (non-hydrogen) atoms. The molecule has 0 radical (unpaired) electrons. The molecule has 12 aromatic rings. The monoisotopic (exact) mass is 948 g/mol. The first kappa shape index (κ1) is 43.4. The van der Waals surface area contributed by atoms with E-state index in [1.54, 1.807) is 72.8 Å². The number of nitrogens with zero attached hydrogens (tertiary/aromatic N) is 4. The normalized spacial score (nSPS) is 11.9. The highest BCUT2D eigenvalue weighted by atomic mass is 19.4. The van der Waals surface area contributed by atoms with Crippen molar-refractivity contribution in [2.24, 2.45) is 0 Å². The summed E-state index contributed by atoms with van der Waals surface area (Å²) in [5.74, 6) is -11.4. The number of halogens is 8. The molecule has 0 spiro atoms. The van der Waals surface area contributed by atoms with Crippen LogP contribution in [0, 0.1) is 29.1 Å². The van der Waals surface area contributed by atoms with Crippen LogP contribution in [0.25, 0.3) is 111 Å². The van der Waals surface area contributed by atoms with Gasteiger partial charge < -0.3 is 9.13 Å². The minimum Gasteiger partial charge on any atom is -0.309 e. The predicted octanol–water partition coefficient (Wildman–Crippen LogP) is 16.7. The summed E-state index contributed by atoms with van der Waals surface area (Å²) in [6.45, 7) is 0. The van der Waals surface area contributed by atoms with Gasteiger partial charge in [0.2, 0.25) is 5.82 Å². The van der Waals surface area contributed by atoms with Crippen LogP contribution in [0.3, 0.4) is 0 Å². The summed E-state index contributed by atoms with van der Waals surface area (Å²) in [7, 11) is 0. The Labute approximate surface area is 399 Å². The van der Waals surface area contributed by atoms with Gasteiger partial charge in [0.25, 0.3) is 0 Å². The summed E-state index contributed by atoms with van der Waals surface area (Å²) >= 11 is 0. The van der Waals surface area contributed by atoms with Crippen molar-refractivity contribution in [3.05, 3.63) is 229 Å². The van der Waals surface area contributed by atoms with Crippen molar-refractivity contribution < 1.29 is 35.1 Å². The van der Waals surface area contributed by atoms with Crippen LogP contribution in [0.5, 0.6) is 0 Å². The zero-order valence-corrected chi connectivity index (χ0v) is 36.8. The second-order valence-electron chi connectivity index (χ2n) is 17.0. The van der Waals surface area contributed by atoms with Gasteiger partial charge >= 0.3 is 6.18 Å². The lowest BCUT2D eigenvalue weighted by molar-refractivity contribution is -0.137. The van der Waals surface area contributed by atoms with Gasteiger partial charge in [-0.3, -0.25) is 0 Å². The van der Waals surface area contributed by atoms with Gasteiger partial charge in [-0.05, 0) is 72.8 Å². The summed E-state index contributed by atoms with van der Waals surface area (Å²) in [4.78, 5) is 9.81. The lowest BCUT2D eigenvalue weighted by atomic mass is 9.96. The van der Waals surface area contributed by atoms with Gasteiger partial charge in [-0.15, -0.1) is 0 Å². The van der Waals surface area contributed by atoms with E-state index in [2.05, 4.69) is 0 Å². The molecular formula is C59H32F8N4. The molecule has 0 N–H and O–H groups in total. The van der Waals surface area contributed by atoms with Gasteiger partial charge in [-0.2, -0.15) is 13.2 Å². The van der Waals surface area contributed by atoms with Crippen molar-refractivity contribution >= 4 is 43.6 Å². The van der Waals surface area contributed by atoms with Crippen LogP contribution in [0.1, 0.15) is 5.56 Å². The fourth-order valence-corrected chi connectivity index (χ4v) is 9.72. The molecule has 4 aromatic heterocycles. The molecule has 4 heterocycles. The zero-order valence-electron chi connectivity index (χ0n) is 36.8. The number of alkyl halides is 3. The molecule has 344 valence electrons. The van der Waals surface area contributed by atoms with Gasteiger partial charge in [0, 0.05) is 49.4 Å². The van der Waals surface area contributed by atoms with Crippen LogP contribution >= 0.6 is 0 Å². The number of benzene rings is 8. The molecule has 0 aliphatic heterocycles. The van der Waals surface area contributed by atoms with Gasteiger partial charge in [0.1, 0.15) is 0 Å². The summed E-state index contributed by atoms with van der Waals surface area (Å²) in [6, 6.07) is 55.4. The van der Waals surface area contributed by atoms with E-state index in [4.69, 9.17) is 9.97 Å². The molecule has 0 atom stereocenters. The molecule has 0 unspecified atom stereocenters. The molecule has 12 heteroatoms. The molecule has 8 aromatic carbocycles. The fraction of sp³-hybridized carbons (Fsp3) is 0.0169. The zero-order chi connectivity index (χ0) is 48.7. The van der Waals surface area contributed by atoms with E-state index in [0.717, 1.165) is 11.1 Å². The Morgan fingerprint density at radius 3 is 1.10 bits per heavy atom. The van der Waals surface area contributed by atoms with Gasteiger partial charge in [0.15, 0.2) is 23.3 Å². The molecule has 4 nitrogen and oxygen atoms in total. The lowest BCUT2D eigenvalue weighted by Gasteiger charge is -2.23. The maximum absolute atomic E-state index is 16.7. The third kappa shape index (κ3) is 7.12. The number of para-hydroxylation sites is 2. The second-order valence-corrected chi connectivity index (χ2v) is 17.0. The Morgan fingerprint density at radius 1 is 0.310 bits per heavy atom.